The summed E-state index contributed by atoms with van der Waals surface area (Å²) in [7, 11) is 0. The van der Waals surface area contributed by atoms with Crippen LogP contribution in [0.5, 0.6) is 0 Å². The maximum atomic E-state index is 12.4. The Bertz CT molecular complexity index is 514. The second-order valence-corrected chi connectivity index (χ2v) is 4.26. The van der Waals surface area contributed by atoms with E-state index >= 15 is 0 Å². The van der Waals surface area contributed by atoms with E-state index in [4.69, 9.17) is 0 Å². The minimum atomic E-state index is -4.37. The lowest BCUT2D eigenvalue weighted by Crippen LogP contribution is -2.19. The molecule has 0 aliphatic carbocycles. The van der Waals surface area contributed by atoms with Crippen molar-refractivity contribution in [3.63, 3.8) is 0 Å². The minimum absolute atomic E-state index is 0.156. The van der Waals surface area contributed by atoms with Gasteiger partial charge in [0.05, 0.1) is 12.1 Å². The van der Waals surface area contributed by atoms with Crippen LogP contribution in [0.15, 0.2) is 22.7 Å². The number of amides is 1. The second kappa shape index (κ2) is 5.91. The molecule has 1 amide bonds. The van der Waals surface area contributed by atoms with Crippen LogP contribution in [0.3, 0.4) is 0 Å². The van der Waals surface area contributed by atoms with Gasteiger partial charge in [-0.15, -0.1) is 0 Å². The van der Waals surface area contributed by atoms with E-state index in [1.54, 1.807) is 0 Å². The summed E-state index contributed by atoms with van der Waals surface area (Å²) in [6.45, 7) is 1.51. The van der Waals surface area contributed by atoms with Crippen molar-refractivity contribution in [3.8, 4) is 11.8 Å². The average Bonchev–Trinajstić information content (AvgIpc) is 2.24. The molecule has 0 radical (unpaired) electrons. The van der Waals surface area contributed by atoms with Crippen LogP contribution in [-0.2, 0) is 11.0 Å². The number of hydrogen-bond donors (Lipinski definition) is 1. The largest absolute Gasteiger partial charge is 0.416 e. The number of benzene rings is 1. The van der Waals surface area contributed by atoms with E-state index in [0.717, 1.165) is 12.1 Å². The first-order valence-corrected chi connectivity index (χ1v) is 5.70. The zero-order valence-electron chi connectivity index (χ0n) is 9.36. The average molecular weight is 320 g/mol. The van der Waals surface area contributed by atoms with Crippen LogP contribution in [0.4, 0.5) is 13.2 Å². The maximum absolute atomic E-state index is 12.4. The summed E-state index contributed by atoms with van der Waals surface area (Å²) in [5, 5.41) is 2.46. The molecule has 0 aliphatic rings. The number of hydrogen-bond acceptors (Lipinski definition) is 1. The van der Waals surface area contributed by atoms with Crippen molar-refractivity contribution in [2.45, 2.75) is 13.1 Å². The second-order valence-electron chi connectivity index (χ2n) is 3.40. The van der Waals surface area contributed by atoms with Crippen LogP contribution < -0.4 is 5.32 Å². The van der Waals surface area contributed by atoms with Gasteiger partial charge in [-0.1, -0.05) is 11.8 Å². The highest BCUT2D eigenvalue weighted by atomic mass is 79.9. The van der Waals surface area contributed by atoms with Gasteiger partial charge >= 0.3 is 6.18 Å². The van der Waals surface area contributed by atoms with Gasteiger partial charge in [0.1, 0.15) is 0 Å². The van der Waals surface area contributed by atoms with Gasteiger partial charge in [0.2, 0.25) is 5.91 Å². The Labute approximate surface area is 111 Å². The molecule has 0 spiro atoms. The van der Waals surface area contributed by atoms with Gasteiger partial charge in [-0.05, 0) is 34.1 Å². The van der Waals surface area contributed by atoms with Crippen molar-refractivity contribution >= 4 is 21.8 Å². The minimum Gasteiger partial charge on any atom is -0.345 e. The normalized spacial score (nSPS) is 10.5. The molecular weight excluding hydrogens is 311 g/mol. The van der Waals surface area contributed by atoms with Gasteiger partial charge in [0.15, 0.2) is 0 Å². The quantitative estimate of drug-likeness (QED) is 0.792. The molecule has 0 saturated carbocycles. The van der Waals surface area contributed by atoms with E-state index in [0.29, 0.717) is 5.56 Å². The summed E-state index contributed by atoms with van der Waals surface area (Å²) in [6.07, 6.45) is -4.37. The number of carbonyl (C=O) groups excluding carboxylic acids is 1. The van der Waals surface area contributed by atoms with Crippen molar-refractivity contribution in [1.29, 1.82) is 0 Å². The number of nitrogens with one attached hydrogen (secondary N) is 1. The van der Waals surface area contributed by atoms with E-state index in [9.17, 15) is 18.0 Å². The van der Waals surface area contributed by atoms with Crippen LogP contribution >= 0.6 is 15.9 Å². The molecule has 1 rings (SSSR count). The fraction of sp³-hybridized carbons (Fsp3) is 0.250. The molecule has 0 unspecified atom stereocenters. The molecule has 1 N–H and O–H groups in total. The van der Waals surface area contributed by atoms with Gasteiger partial charge in [0.25, 0.3) is 0 Å². The first-order valence-electron chi connectivity index (χ1n) is 4.91. The molecule has 1 aromatic rings. The lowest BCUT2D eigenvalue weighted by Gasteiger charge is -2.07. The molecule has 0 aliphatic heterocycles. The van der Waals surface area contributed by atoms with Gasteiger partial charge in [0, 0.05) is 17.0 Å². The Morgan fingerprint density at radius 3 is 2.61 bits per heavy atom. The van der Waals surface area contributed by atoms with Gasteiger partial charge in [-0.25, -0.2) is 0 Å². The standard InChI is InChI=1S/C12H9BrF3NO/c1-8(18)17-6-2-3-9-4-5-10(7-11(9)13)12(14,15)16/h4-5,7H,6H2,1H3,(H,17,18). The van der Waals surface area contributed by atoms with Gasteiger partial charge in [-0.2, -0.15) is 13.2 Å². The zero-order valence-corrected chi connectivity index (χ0v) is 10.9. The summed E-state index contributed by atoms with van der Waals surface area (Å²) < 4.78 is 37.4. The SMILES string of the molecule is CC(=O)NCC#Cc1ccc(C(F)(F)F)cc1Br. The first kappa shape index (κ1) is 14.6. The third kappa shape index (κ3) is 4.41. The maximum Gasteiger partial charge on any atom is 0.416 e. The van der Waals surface area contributed by atoms with Crippen LogP contribution in [0.1, 0.15) is 18.1 Å². The lowest BCUT2D eigenvalue weighted by atomic mass is 10.1. The van der Waals surface area contributed by atoms with Crippen molar-refractivity contribution in [2.24, 2.45) is 0 Å². The monoisotopic (exact) mass is 319 g/mol. The van der Waals surface area contributed by atoms with Crippen molar-refractivity contribution < 1.29 is 18.0 Å². The molecule has 18 heavy (non-hydrogen) atoms. The molecule has 0 heterocycles. The smallest absolute Gasteiger partial charge is 0.345 e. The third-order valence-electron chi connectivity index (χ3n) is 1.95. The molecule has 0 fully saturated rings. The van der Waals surface area contributed by atoms with E-state index in [1.807, 2.05) is 0 Å². The van der Waals surface area contributed by atoms with Crippen LogP contribution in [0.2, 0.25) is 0 Å². The van der Waals surface area contributed by atoms with E-state index in [1.165, 1.54) is 13.0 Å². The predicted octanol–water partition coefficient (Wildman–Crippen LogP) is 2.96. The highest BCUT2D eigenvalue weighted by Gasteiger charge is 2.30. The number of alkyl halides is 3. The molecule has 6 heteroatoms. The predicted molar refractivity (Wildman–Crippen MR) is 64.7 cm³/mol. The van der Waals surface area contributed by atoms with E-state index in [-0.39, 0.29) is 16.9 Å². The lowest BCUT2D eigenvalue weighted by molar-refractivity contribution is -0.137. The fourth-order valence-electron chi connectivity index (χ4n) is 1.10. The van der Waals surface area contributed by atoms with Crippen molar-refractivity contribution in [1.82, 2.24) is 5.32 Å². The summed E-state index contributed by atoms with van der Waals surface area (Å²) in [4.78, 5) is 10.6. The Morgan fingerprint density at radius 2 is 2.11 bits per heavy atom. The van der Waals surface area contributed by atoms with Crippen LogP contribution in [-0.4, -0.2) is 12.5 Å². The number of carbonyl (C=O) groups is 1. The topological polar surface area (TPSA) is 29.1 Å². The van der Waals surface area contributed by atoms with Gasteiger partial charge in [-0.3, -0.25) is 4.79 Å². The molecule has 0 aromatic heterocycles. The third-order valence-corrected chi connectivity index (χ3v) is 2.60. The summed E-state index contributed by atoms with van der Waals surface area (Å²) >= 11 is 3.03. The van der Waals surface area contributed by atoms with E-state index < -0.39 is 11.7 Å². The van der Waals surface area contributed by atoms with Crippen molar-refractivity contribution in [3.05, 3.63) is 33.8 Å². The first-order chi connectivity index (χ1) is 8.30. The highest BCUT2D eigenvalue weighted by molar-refractivity contribution is 9.10. The Morgan fingerprint density at radius 1 is 1.44 bits per heavy atom. The van der Waals surface area contributed by atoms with Gasteiger partial charge < -0.3 is 5.32 Å². The summed E-state index contributed by atoms with van der Waals surface area (Å²) in [5.41, 5.74) is -0.296. The van der Waals surface area contributed by atoms with Crippen molar-refractivity contribution in [2.75, 3.05) is 6.54 Å². The highest BCUT2D eigenvalue weighted by Crippen LogP contribution is 2.31. The number of halogens is 4. The molecule has 1 aromatic carbocycles. The summed E-state index contributed by atoms with van der Waals surface area (Å²) in [5.74, 6) is 5.09. The zero-order chi connectivity index (χ0) is 13.8. The molecule has 2 nitrogen and oxygen atoms in total. The molecular formula is C12H9BrF3NO. The molecule has 0 saturated heterocycles. The molecule has 0 bridgehead atoms. The van der Waals surface area contributed by atoms with E-state index in [2.05, 4.69) is 33.1 Å². The molecule has 96 valence electrons. The Balaban J connectivity index is 2.83. The van der Waals surface area contributed by atoms with Crippen LogP contribution in [0.25, 0.3) is 0 Å². The number of rotatable bonds is 1. The molecule has 0 atom stereocenters. The van der Waals surface area contributed by atoms with Crippen LogP contribution in [0, 0.1) is 11.8 Å². The Kier molecular flexibility index (Phi) is 4.79. The Hall–Kier alpha value is -1.48. The fourth-order valence-corrected chi connectivity index (χ4v) is 1.58. The summed E-state index contributed by atoms with van der Waals surface area (Å²) in [6, 6.07) is 3.23.